The molecule has 1 heterocycles. The van der Waals surface area contributed by atoms with Crippen LogP contribution >= 0.6 is 11.6 Å². The second kappa shape index (κ2) is 7.66. The molecule has 5 nitrogen and oxygen atoms in total. The number of amides is 2. The highest BCUT2D eigenvalue weighted by molar-refractivity contribution is 6.33. The molecule has 1 fully saturated rings. The van der Waals surface area contributed by atoms with Crippen molar-refractivity contribution in [3.8, 4) is 0 Å². The summed E-state index contributed by atoms with van der Waals surface area (Å²) in [5.41, 5.74) is 1.72. The lowest BCUT2D eigenvalue weighted by molar-refractivity contribution is -0.132. The highest BCUT2D eigenvalue weighted by Gasteiger charge is 2.49. The van der Waals surface area contributed by atoms with Gasteiger partial charge < -0.3 is 10.2 Å². The van der Waals surface area contributed by atoms with Crippen LogP contribution in [0.25, 0.3) is 0 Å². The molecule has 1 N–H and O–H groups in total. The Balaban J connectivity index is 1.49. The number of aromatic nitrogens is 1. The summed E-state index contributed by atoms with van der Waals surface area (Å²) in [6.45, 7) is 0.623. The van der Waals surface area contributed by atoms with Gasteiger partial charge in [-0.1, -0.05) is 23.7 Å². The average Bonchev–Trinajstić information content (AvgIpc) is 3.42. The quantitative estimate of drug-likeness (QED) is 0.864. The standard InChI is InChI=1S/C19H20ClN3O2/c1-23(11-8-13-6-9-21-10-7-13)19(25)15-12-14(15)18(24)22-17-5-3-2-4-16(17)20/h2-7,9-10,14-15H,8,11-12H2,1H3,(H,22,24). The smallest absolute Gasteiger partial charge is 0.228 e. The second-order valence-electron chi connectivity index (χ2n) is 6.28. The van der Waals surface area contributed by atoms with Crippen molar-refractivity contribution in [1.29, 1.82) is 0 Å². The summed E-state index contributed by atoms with van der Waals surface area (Å²) in [5.74, 6) is -0.626. The SMILES string of the molecule is CN(CCc1ccncc1)C(=O)C1CC1C(=O)Nc1ccccc1Cl. The number of pyridine rings is 1. The number of nitrogens with zero attached hydrogens (tertiary/aromatic N) is 2. The van der Waals surface area contributed by atoms with Gasteiger partial charge in [0.05, 0.1) is 22.5 Å². The first-order chi connectivity index (χ1) is 12.1. The molecule has 0 spiro atoms. The van der Waals surface area contributed by atoms with Crippen molar-refractivity contribution in [2.75, 3.05) is 18.9 Å². The summed E-state index contributed by atoms with van der Waals surface area (Å²) in [6, 6.07) is 11.0. The Hall–Kier alpha value is -2.40. The minimum Gasteiger partial charge on any atom is -0.345 e. The summed E-state index contributed by atoms with van der Waals surface area (Å²) in [6.07, 6.45) is 4.85. The molecule has 6 heteroatoms. The van der Waals surface area contributed by atoms with Gasteiger partial charge in [-0.15, -0.1) is 0 Å². The summed E-state index contributed by atoms with van der Waals surface area (Å²) in [7, 11) is 1.78. The van der Waals surface area contributed by atoms with Crippen LogP contribution < -0.4 is 5.32 Å². The van der Waals surface area contributed by atoms with E-state index in [1.807, 2.05) is 18.2 Å². The van der Waals surface area contributed by atoms with Gasteiger partial charge in [-0.05, 0) is 42.7 Å². The molecule has 2 aromatic rings. The molecule has 0 bridgehead atoms. The van der Waals surface area contributed by atoms with E-state index in [0.29, 0.717) is 23.7 Å². The highest BCUT2D eigenvalue weighted by atomic mass is 35.5. The Bertz CT molecular complexity index is 766. The molecule has 25 heavy (non-hydrogen) atoms. The Morgan fingerprint density at radius 1 is 1.20 bits per heavy atom. The van der Waals surface area contributed by atoms with E-state index in [0.717, 1.165) is 12.0 Å². The van der Waals surface area contributed by atoms with E-state index in [4.69, 9.17) is 11.6 Å². The van der Waals surface area contributed by atoms with Crippen LogP contribution in [-0.4, -0.2) is 35.3 Å². The van der Waals surface area contributed by atoms with Crippen LogP contribution in [0.5, 0.6) is 0 Å². The number of para-hydroxylation sites is 1. The molecule has 2 unspecified atom stereocenters. The van der Waals surface area contributed by atoms with E-state index in [1.165, 1.54) is 0 Å². The van der Waals surface area contributed by atoms with Crippen LogP contribution in [-0.2, 0) is 16.0 Å². The molecule has 1 saturated carbocycles. The number of rotatable bonds is 6. The molecule has 0 saturated heterocycles. The highest BCUT2D eigenvalue weighted by Crippen LogP contribution is 2.41. The third kappa shape index (κ3) is 4.37. The van der Waals surface area contributed by atoms with E-state index < -0.39 is 0 Å². The Morgan fingerprint density at radius 3 is 2.64 bits per heavy atom. The first-order valence-electron chi connectivity index (χ1n) is 8.25. The van der Waals surface area contributed by atoms with Crippen molar-refractivity contribution in [2.45, 2.75) is 12.8 Å². The minimum absolute atomic E-state index is 0.0216. The van der Waals surface area contributed by atoms with Crippen LogP contribution in [0.2, 0.25) is 5.02 Å². The molecule has 1 aromatic heterocycles. The maximum absolute atomic E-state index is 12.5. The summed E-state index contributed by atoms with van der Waals surface area (Å²) >= 11 is 6.05. The van der Waals surface area contributed by atoms with Crippen molar-refractivity contribution in [1.82, 2.24) is 9.88 Å². The van der Waals surface area contributed by atoms with Crippen LogP contribution in [0.1, 0.15) is 12.0 Å². The van der Waals surface area contributed by atoms with E-state index in [1.54, 1.807) is 42.5 Å². The van der Waals surface area contributed by atoms with Gasteiger partial charge in [-0.25, -0.2) is 0 Å². The first kappa shape index (κ1) is 17.4. The lowest BCUT2D eigenvalue weighted by Crippen LogP contribution is -2.31. The average molecular weight is 358 g/mol. The van der Waals surface area contributed by atoms with Gasteiger partial charge in [0.25, 0.3) is 0 Å². The minimum atomic E-state index is -0.271. The van der Waals surface area contributed by atoms with E-state index in [2.05, 4.69) is 10.3 Å². The van der Waals surface area contributed by atoms with E-state index in [-0.39, 0.29) is 23.7 Å². The first-order valence-corrected chi connectivity index (χ1v) is 8.63. The number of hydrogen-bond acceptors (Lipinski definition) is 3. The van der Waals surface area contributed by atoms with Gasteiger partial charge in [0.1, 0.15) is 0 Å². The van der Waals surface area contributed by atoms with Gasteiger partial charge in [0.15, 0.2) is 0 Å². The van der Waals surface area contributed by atoms with Gasteiger partial charge in [-0.3, -0.25) is 14.6 Å². The van der Waals surface area contributed by atoms with Gasteiger partial charge in [-0.2, -0.15) is 0 Å². The topological polar surface area (TPSA) is 62.3 Å². The third-order valence-corrected chi connectivity index (χ3v) is 4.77. The molecule has 2 amide bonds. The summed E-state index contributed by atoms with van der Waals surface area (Å²) in [4.78, 5) is 30.4. The molecule has 130 valence electrons. The van der Waals surface area contributed by atoms with Crippen molar-refractivity contribution >= 4 is 29.1 Å². The fourth-order valence-electron chi connectivity index (χ4n) is 2.79. The second-order valence-corrected chi connectivity index (χ2v) is 6.69. The Kier molecular flexibility index (Phi) is 5.34. The van der Waals surface area contributed by atoms with Crippen molar-refractivity contribution < 1.29 is 9.59 Å². The number of halogens is 1. The molecule has 1 aliphatic rings. The fraction of sp³-hybridized carbons (Fsp3) is 0.316. The zero-order valence-corrected chi connectivity index (χ0v) is 14.7. The van der Waals surface area contributed by atoms with Crippen LogP contribution in [0.3, 0.4) is 0 Å². The molecule has 0 aliphatic heterocycles. The van der Waals surface area contributed by atoms with Gasteiger partial charge in [0.2, 0.25) is 11.8 Å². The van der Waals surface area contributed by atoms with Crippen molar-refractivity contribution in [3.05, 3.63) is 59.4 Å². The maximum Gasteiger partial charge on any atom is 0.228 e. The molecule has 1 aliphatic carbocycles. The summed E-state index contributed by atoms with van der Waals surface area (Å²) in [5, 5.41) is 3.30. The van der Waals surface area contributed by atoms with Crippen LogP contribution in [0.15, 0.2) is 48.8 Å². The number of carbonyl (C=O) groups excluding carboxylic acids is 2. The van der Waals surface area contributed by atoms with Gasteiger partial charge >= 0.3 is 0 Å². The predicted molar refractivity (Wildman–Crippen MR) is 97.3 cm³/mol. The number of likely N-dealkylation sites (N-methyl/N-ethyl adjacent to an activating group) is 1. The summed E-state index contributed by atoms with van der Waals surface area (Å²) < 4.78 is 0. The monoisotopic (exact) mass is 357 g/mol. The molecular weight excluding hydrogens is 338 g/mol. The van der Waals surface area contributed by atoms with Crippen LogP contribution in [0.4, 0.5) is 5.69 Å². The van der Waals surface area contributed by atoms with Crippen molar-refractivity contribution in [2.24, 2.45) is 11.8 Å². The number of carbonyl (C=O) groups is 2. The van der Waals surface area contributed by atoms with Crippen molar-refractivity contribution in [3.63, 3.8) is 0 Å². The zero-order valence-electron chi connectivity index (χ0n) is 14.0. The molecule has 1 aromatic carbocycles. The number of nitrogens with one attached hydrogen (secondary N) is 1. The Morgan fingerprint density at radius 2 is 1.92 bits per heavy atom. The molecular formula is C19H20ClN3O2. The molecule has 2 atom stereocenters. The largest absolute Gasteiger partial charge is 0.345 e. The zero-order chi connectivity index (χ0) is 17.8. The molecule has 0 radical (unpaired) electrons. The third-order valence-electron chi connectivity index (χ3n) is 4.44. The lowest BCUT2D eigenvalue weighted by atomic mass is 10.2. The number of anilines is 1. The number of hydrogen-bond donors (Lipinski definition) is 1. The maximum atomic E-state index is 12.5. The fourth-order valence-corrected chi connectivity index (χ4v) is 2.97. The Labute approximate surface area is 152 Å². The molecule has 3 rings (SSSR count). The van der Waals surface area contributed by atoms with Gasteiger partial charge in [0, 0.05) is 26.0 Å². The van der Waals surface area contributed by atoms with E-state index >= 15 is 0 Å². The lowest BCUT2D eigenvalue weighted by Gasteiger charge is -2.17. The van der Waals surface area contributed by atoms with Crippen LogP contribution in [0, 0.1) is 11.8 Å². The normalized spacial score (nSPS) is 18.5. The number of benzene rings is 1. The predicted octanol–water partition coefficient (Wildman–Crippen LogP) is 3.01. The van der Waals surface area contributed by atoms with E-state index in [9.17, 15) is 9.59 Å².